The van der Waals surface area contributed by atoms with E-state index in [1.807, 2.05) is 16.7 Å². The van der Waals surface area contributed by atoms with Gasteiger partial charge in [0.25, 0.3) is 0 Å². The van der Waals surface area contributed by atoms with Crippen LogP contribution in [0.2, 0.25) is 0 Å². The third-order valence-electron chi connectivity index (χ3n) is 5.06. The summed E-state index contributed by atoms with van der Waals surface area (Å²) in [7, 11) is 1.64. The van der Waals surface area contributed by atoms with Crippen molar-refractivity contribution in [2.24, 2.45) is 0 Å². The first-order valence-electron chi connectivity index (χ1n) is 9.38. The molecular formula is C20H21F2N5O2. The van der Waals surface area contributed by atoms with Gasteiger partial charge in [0, 0.05) is 44.9 Å². The average Bonchev–Trinajstić information content (AvgIpc) is 3.34. The van der Waals surface area contributed by atoms with Gasteiger partial charge in [-0.05, 0) is 30.7 Å². The maximum Gasteiger partial charge on any atom is 0.321 e. The van der Waals surface area contributed by atoms with Crippen molar-refractivity contribution in [3.8, 4) is 0 Å². The number of hydrogen-bond acceptors (Lipinski definition) is 4. The lowest BCUT2D eigenvalue weighted by atomic mass is 10.1. The van der Waals surface area contributed by atoms with Gasteiger partial charge in [0.05, 0.1) is 12.3 Å². The number of fused-ring (bicyclic) bond motifs is 1. The molecule has 7 nitrogen and oxygen atoms in total. The van der Waals surface area contributed by atoms with Gasteiger partial charge in [-0.15, -0.1) is 0 Å². The molecule has 9 heteroatoms. The molecule has 2 aromatic heterocycles. The topological polar surface area (TPSA) is 72.3 Å². The molecule has 1 aromatic carbocycles. The molecule has 1 saturated heterocycles. The van der Waals surface area contributed by atoms with Gasteiger partial charge < -0.3 is 19.5 Å². The monoisotopic (exact) mass is 401 g/mol. The van der Waals surface area contributed by atoms with Crippen molar-refractivity contribution < 1.29 is 18.3 Å². The maximum absolute atomic E-state index is 13.8. The van der Waals surface area contributed by atoms with Crippen molar-refractivity contribution in [2.45, 2.75) is 18.9 Å². The Balaban J connectivity index is 1.52. The summed E-state index contributed by atoms with van der Waals surface area (Å²) in [5.41, 5.74) is 1.41. The third kappa shape index (κ3) is 3.91. The Morgan fingerprint density at radius 1 is 1.34 bits per heavy atom. The first-order chi connectivity index (χ1) is 14.1. The average molecular weight is 401 g/mol. The summed E-state index contributed by atoms with van der Waals surface area (Å²) >= 11 is 0. The van der Waals surface area contributed by atoms with Crippen molar-refractivity contribution in [3.63, 3.8) is 0 Å². The number of likely N-dealkylation sites (tertiary alicyclic amines) is 1. The molecule has 0 radical (unpaired) electrons. The molecule has 1 aliphatic rings. The van der Waals surface area contributed by atoms with E-state index in [0.29, 0.717) is 26.2 Å². The van der Waals surface area contributed by atoms with Gasteiger partial charge in [0.1, 0.15) is 23.0 Å². The lowest BCUT2D eigenvalue weighted by Crippen LogP contribution is -2.33. The van der Waals surface area contributed by atoms with E-state index in [2.05, 4.69) is 10.3 Å². The summed E-state index contributed by atoms with van der Waals surface area (Å²) in [4.78, 5) is 23.3. The molecule has 1 aliphatic heterocycles. The number of urea groups is 1. The number of carbonyl (C=O) groups is 1. The second kappa shape index (κ2) is 8.12. The summed E-state index contributed by atoms with van der Waals surface area (Å²) in [6.45, 7) is 2.05. The second-order valence-corrected chi connectivity index (χ2v) is 6.95. The Bertz CT molecular complexity index is 1040. The summed E-state index contributed by atoms with van der Waals surface area (Å²) in [6.07, 6.45) is 2.44. The number of hydrogen-bond donors (Lipinski definition) is 1. The van der Waals surface area contributed by atoms with Crippen LogP contribution in [0, 0.1) is 11.6 Å². The highest BCUT2D eigenvalue weighted by atomic mass is 19.1. The highest BCUT2D eigenvalue weighted by Gasteiger charge is 2.31. The van der Waals surface area contributed by atoms with Crippen LogP contribution in [0.1, 0.15) is 18.2 Å². The quantitative estimate of drug-likeness (QED) is 0.712. The number of carbonyl (C=O) groups excluding carboxylic acids is 1. The molecule has 0 bridgehead atoms. The number of aromatic nitrogens is 3. The fourth-order valence-electron chi connectivity index (χ4n) is 3.63. The Morgan fingerprint density at radius 2 is 2.21 bits per heavy atom. The van der Waals surface area contributed by atoms with Gasteiger partial charge in [-0.25, -0.2) is 23.5 Å². The van der Waals surface area contributed by atoms with E-state index in [9.17, 15) is 13.6 Å². The molecule has 0 spiro atoms. The summed E-state index contributed by atoms with van der Waals surface area (Å²) < 4.78 is 34.4. The van der Waals surface area contributed by atoms with Gasteiger partial charge in [-0.2, -0.15) is 0 Å². The minimum atomic E-state index is -0.678. The van der Waals surface area contributed by atoms with Crippen molar-refractivity contribution in [2.75, 3.05) is 32.1 Å². The van der Waals surface area contributed by atoms with Gasteiger partial charge in [0.2, 0.25) is 0 Å². The van der Waals surface area contributed by atoms with E-state index in [0.717, 1.165) is 41.6 Å². The van der Waals surface area contributed by atoms with Crippen molar-refractivity contribution in [1.29, 1.82) is 0 Å². The zero-order valence-corrected chi connectivity index (χ0v) is 15.9. The smallest absolute Gasteiger partial charge is 0.321 e. The summed E-state index contributed by atoms with van der Waals surface area (Å²) in [6, 6.07) is 6.24. The largest absolute Gasteiger partial charge is 0.383 e. The van der Waals surface area contributed by atoms with Crippen LogP contribution in [0.3, 0.4) is 0 Å². The van der Waals surface area contributed by atoms with Crippen molar-refractivity contribution in [3.05, 3.63) is 54.0 Å². The number of nitrogens with zero attached hydrogens (tertiary/aromatic N) is 4. The first kappa shape index (κ1) is 19.3. The van der Waals surface area contributed by atoms with Crippen LogP contribution >= 0.6 is 0 Å². The van der Waals surface area contributed by atoms with Crippen LogP contribution in [-0.4, -0.2) is 52.3 Å². The van der Waals surface area contributed by atoms with Crippen molar-refractivity contribution in [1.82, 2.24) is 19.4 Å². The van der Waals surface area contributed by atoms with E-state index < -0.39 is 17.7 Å². The predicted octanol–water partition coefficient (Wildman–Crippen LogP) is 3.38. The molecule has 2 amide bonds. The number of nitrogens with one attached hydrogen (secondary N) is 1. The molecule has 1 unspecified atom stereocenters. The molecule has 0 saturated carbocycles. The zero-order valence-electron chi connectivity index (χ0n) is 15.9. The Hall–Kier alpha value is -3.07. The predicted molar refractivity (Wildman–Crippen MR) is 104 cm³/mol. The molecule has 1 N–H and O–H groups in total. The van der Waals surface area contributed by atoms with Gasteiger partial charge >= 0.3 is 6.03 Å². The van der Waals surface area contributed by atoms with E-state index in [4.69, 9.17) is 9.72 Å². The molecule has 1 atom stereocenters. The Morgan fingerprint density at radius 3 is 3.03 bits per heavy atom. The van der Waals surface area contributed by atoms with Crippen LogP contribution in [-0.2, 0) is 11.3 Å². The Labute approximate surface area is 166 Å². The normalized spacial score (nSPS) is 16.5. The van der Waals surface area contributed by atoms with Gasteiger partial charge in [-0.3, -0.25) is 0 Å². The number of benzene rings is 1. The standard InChI is InChI=1S/C20H21F2N5O2/c1-29-10-9-27-18(24-16-3-2-7-23-19(16)27)13-6-8-26(12-13)20(28)25-17-11-14(21)4-5-15(17)22/h2-5,7,11,13H,6,8-10,12H2,1H3,(H,25,28). The highest BCUT2D eigenvalue weighted by Crippen LogP contribution is 2.29. The maximum atomic E-state index is 13.8. The van der Waals surface area contributed by atoms with Crippen LogP contribution < -0.4 is 5.32 Å². The van der Waals surface area contributed by atoms with Crippen LogP contribution in [0.5, 0.6) is 0 Å². The van der Waals surface area contributed by atoms with Crippen LogP contribution in [0.4, 0.5) is 19.3 Å². The molecule has 0 aliphatic carbocycles. The fourth-order valence-corrected chi connectivity index (χ4v) is 3.63. The number of ether oxygens (including phenoxy) is 1. The lowest BCUT2D eigenvalue weighted by Gasteiger charge is -2.18. The molecule has 3 aromatic rings. The molecular weight excluding hydrogens is 380 g/mol. The number of amides is 2. The summed E-state index contributed by atoms with van der Waals surface area (Å²) in [5.74, 6) is -0.421. The number of methoxy groups -OCH3 is 1. The number of pyridine rings is 1. The Kier molecular flexibility index (Phi) is 5.39. The zero-order chi connectivity index (χ0) is 20.4. The third-order valence-corrected chi connectivity index (χ3v) is 5.06. The van der Waals surface area contributed by atoms with E-state index in [-0.39, 0.29) is 11.6 Å². The molecule has 3 heterocycles. The second-order valence-electron chi connectivity index (χ2n) is 6.95. The number of anilines is 1. The molecule has 152 valence electrons. The summed E-state index contributed by atoms with van der Waals surface area (Å²) in [5, 5.41) is 2.45. The number of rotatable bonds is 5. The van der Waals surface area contributed by atoms with Crippen LogP contribution in [0.15, 0.2) is 36.5 Å². The van der Waals surface area contributed by atoms with E-state index in [1.165, 1.54) is 0 Å². The molecule has 1 fully saturated rings. The van der Waals surface area contributed by atoms with Gasteiger partial charge in [-0.1, -0.05) is 0 Å². The van der Waals surface area contributed by atoms with Crippen LogP contribution in [0.25, 0.3) is 11.2 Å². The lowest BCUT2D eigenvalue weighted by molar-refractivity contribution is 0.186. The van der Waals surface area contributed by atoms with E-state index in [1.54, 1.807) is 18.2 Å². The van der Waals surface area contributed by atoms with Crippen molar-refractivity contribution >= 4 is 22.9 Å². The minimum Gasteiger partial charge on any atom is -0.383 e. The SMILES string of the molecule is COCCn1c(C2CCN(C(=O)Nc3cc(F)ccc3F)C2)nc2cccnc21. The first-order valence-corrected chi connectivity index (χ1v) is 9.38. The fraction of sp³-hybridized carbons (Fsp3) is 0.350. The highest BCUT2D eigenvalue weighted by molar-refractivity contribution is 5.89. The minimum absolute atomic E-state index is 0.0177. The number of imidazole rings is 1. The van der Waals surface area contributed by atoms with E-state index >= 15 is 0 Å². The van der Waals surface area contributed by atoms with Gasteiger partial charge in [0.15, 0.2) is 5.65 Å². The number of halogens is 2. The molecule has 29 heavy (non-hydrogen) atoms. The molecule has 4 rings (SSSR count).